The largest absolute Gasteiger partial charge is 1.00 e. The Hall–Kier alpha value is 0.511. The van der Waals surface area contributed by atoms with Crippen LogP contribution in [0.25, 0.3) is 0 Å². The predicted molar refractivity (Wildman–Crippen MR) is 69.1 cm³/mol. The van der Waals surface area contributed by atoms with Gasteiger partial charge in [0.05, 0.1) is 6.51 Å². The van der Waals surface area contributed by atoms with Crippen molar-refractivity contribution in [3.63, 3.8) is 0 Å². The molecule has 6 heteroatoms. The first-order valence-electron chi connectivity index (χ1n) is 6.10. The fourth-order valence-corrected chi connectivity index (χ4v) is 1.69. The molecule has 0 aliphatic rings. The van der Waals surface area contributed by atoms with Crippen LogP contribution in [0.15, 0.2) is 18.2 Å². The van der Waals surface area contributed by atoms with Crippen LogP contribution in [-0.4, -0.2) is 13.5 Å². The number of rotatable bonds is 4. The van der Waals surface area contributed by atoms with Crippen LogP contribution in [0.4, 0.5) is 12.9 Å². The molecule has 0 aliphatic heterocycles. The van der Waals surface area contributed by atoms with Gasteiger partial charge in [-0.05, 0) is 29.0 Å². The third kappa shape index (κ3) is 6.67. The smallest absolute Gasteiger partial charge is 0.521 e. The summed E-state index contributed by atoms with van der Waals surface area (Å²) in [5, 5.41) is 0. The van der Waals surface area contributed by atoms with Gasteiger partial charge in [0.25, 0.3) is 0 Å². The Balaban J connectivity index is 0.00000324. The number of ether oxygens (including phenoxy) is 1. The zero-order valence-electron chi connectivity index (χ0n) is 12.3. The maximum absolute atomic E-state index is 12.3. The summed E-state index contributed by atoms with van der Waals surface area (Å²) in [6, 6.07) is 5.38. The van der Waals surface area contributed by atoms with E-state index in [1.54, 1.807) is 6.07 Å². The Morgan fingerprint density at radius 2 is 1.74 bits per heavy atom. The summed E-state index contributed by atoms with van der Waals surface area (Å²) in [7, 11) is 0. The van der Waals surface area contributed by atoms with Crippen LogP contribution in [0.2, 0.25) is 0 Å². The summed E-state index contributed by atoms with van der Waals surface area (Å²) < 4.78 is 41.7. The van der Waals surface area contributed by atoms with E-state index in [1.165, 1.54) is 0 Å². The van der Waals surface area contributed by atoms with Crippen molar-refractivity contribution >= 4 is 6.98 Å². The Morgan fingerprint density at radius 1 is 1.16 bits per heavy atom. The van der Waals surface area contributed by atoms with E-state index < -0.39 is 13.5 Å². The van der Waals surface area contributed by atoms with Crippen LogP contribution < -0.4 is 56.1 Å². The van der Waals surface area contributed by atoms with Gasteiger partial charge in [-0.25, -0.2) is 0 Å². The molecule has 102 valence electrons. The van der Waals surface area contributed by atoms with Crippen LogP contribution in [-0.2, 0) is 11.8 Å². The summed E-state index contributed by atoms with van der Waals surface area (Å²) in [5.41, 5.74) is 1.69. The second kappa shape index (κ2) is 7.50. The van der Waals surface area contributed by atoms with Crippen LogP contribution in [0.1, 0.15) is 38.8 Å². The molecule has 0 saturated carbocycles. The molecular formula is C13H19BF3KO. The first-order valence-corrected chi connectivity index (χ1v) is 6.10. The first-order chi connectivity index (χ1) is 8.13. The molecule has 0 fully saturated rings. The third-order valence-corrected chi connectivity index (χ3v) is 2.69. The summed E-state index contributed by atoms with van der Waals surface area (Å²) in [5.74, 6) is 0.332. The van der Waals surface area contributed by atoms with Crippen molar-refractivity contribution in [2.45, 2.75) is 39.5 Å². The predicted octanol–water partition coefficient (Wildman–Crippen LogP) is 1.32. The van der Waals surface area contributed by atoms with Gasteiger partial charge >= 0.3 is 58.4 Å². The molecule has 1 rings (SSSR count). The van der Waals surface area contributed by atoms with Gasteiger partial charge < -0.3 is 17.7 Å². The molecular weight excluding hydrogens is 279 g/mol. The van der Waals surface area contributed by atoms with Gasteiger partial charge in [-0.3, -0.25) is 0 Å². The average molecular weight is 298 g/mol. The van der Waals surface area contributed by atoms with Crippen LogP contribution in [0, 0.1) is 0 Å². The third-order valence-electron chi connectivity index (χ3n) is 2.69. The fourth-order valence-electron chi connectivity index (χ4n) is 1.69. The normalized spacial score (nSPS) is 11.9. The monoisotopic (exact) mass is 298 g/mol. The van der Waals surface area contributed by atoms with Crippen molar-refractivity contribution in [3.8, 4) is 5.75 Å². The van der Waals surface area contributed by atoms with Gasteiger partial charge in [-0.15, -0.1) is 0 Å². The number of halogens is 3. The number of hydrogen-bond donors (Lipinski definition) is 0. The van der Waals surface area contributed by atoms with Gasteiger partial charge in [-0.1, -0.05) is 39.8 Å². The minimum absolute atomic E-state index is 0. The number of aryl methyl sites for hydroxylation is 1. The van der Waals surface area contributed by atoms with Crippen molar-refractivity contribution in [1.29, 1.82) is 0 Å². The molecule has 0 bridgehead atoms. The molecule has 1 aromatic carbocycles. The van der Waals surface area contributed by atoms with E-state index in [0.717, 1.165) is 17.5 Å². The molecule has 1 aromatic rings. The number of hydrogen-bond acceptors (Lipinski definition) is 1. The van der Waals surface area contributed by atoms with Gasteiger partial charge in [0.2, 0.25) is 0 Å². The van der Waals surface area contributed by atoms with E-state index in [1.807, 2.05) is 39.8 Å². The zero-order valence-corrected chi connectivity index (χ0v) is 15.4. The molecule has 0 unspecified atom stereocenters. The average Bonchev–Trinajstić information content (AvgIpc) is 2.24. The maximum Gasteiger partial charge on any atom is 1.00 e. The summed E-state index contributed by atoms with van der Waals surface area (Å²) in [6.45, 7) is 1.81. The molecule has 0 radical (unpaired) electrons. The Kier molecular flexibility index (Phi) is 7.70. The summed E-state index contributed by atoms with van der Waals surface area (Å²) in [4.78, 5) is 0. The second-order valence-electron chi connectivity index (χ2n) is 5.46. The van der Waals surface area contributed by atoms with E-state index in [9.17, 15) is 12.9 Å². The standard InChI is InChI=1S/C13H19BF3O.K/c1-5-10-6-7-12(18-9-14(15,16)17)11(8-10)13(2,3)4;/h6-8H,5,9H2,1-4H3;/q-1;+1. The van der Waals surface area contributed by atoms with Gasteiger partial charge in [0.15, 0.2) is 0 Å². The van der Waals surface area contributed by atoms with E-state index in [2.05, 4.69) is 0 Å². The van der Waals surface area contributed by atoms with Crippen LogP contribution >= 0.6 is 0 Å². The number of benzene rings is 1. The fraction of sp³-hybridized carbons (Fsp3) is 0.538. The van der Waals surface area contributed by atoms with Crippen molar-refractivity contribution < 1.29 is 69.1 Å². The Morgan fingerprint density at radius 3 is 2.16 bits per heavy atom. The quantitative estimate of drug-likeness (QED) is 0.762. The first kappa shape index (κ1) is 19.5. The Labute approximate surface area is 155 Å². The van der Waals surface area contributed by atoms with Crippen molar-refractivity contribution in [3.05, 3.63) is 29.3 Å². The maximum atomic E-state index is 12.3. The van der Waals surface area contributed by atoms with Crippen molar-refractivity contribution in [1.82, 2.24) is 0 Å². The molecule has 0 aromatic heterocycles. The molecule has 0 aliphatic carbocycles. The van der Waals surface area contributed by atoms with Gasteiger partial charge in [0.1, 0.15) is 5.75 Å². The molecule has 0 amide bonds. The minimum Gasteiger partial charge on any atom is -0.521 e. The topological polar surface area (TPSA) is 9.23 Å². The summed E-state index contributed by atoms with van der Waals surface area (Å²) in [6.07, 6.45) is 0.854. The van der Waals surface area contributed by atoms with Gasteiger partial charge in [0, 0.05) is 0 Å². The van der Waals surface area contributed by atoms with Crippen molar-refractivity contribution in [2.75, 3.05) is 6.51 Å². The Bertz CT molecular complexity index is 413. The summed E-state index contributed by atoms with van der Waals surface area (Å²) >= 11 is 0. The molecule has 0 atom stereocenters. The van der Waals surface area contributed by atoms with E-state index >= 15 is 0 Å². The molecule has 0 N–H and O–H groups in total. The van der Waals surface area contributed by atoms with E-state index in [0.29, 0.717) is 5.75 Å². The van der Waals surface area contributed by atoms with E-state index in [4.69, 9.17) is 4.74 Å². The SMILES string of the molecule is CCc1ccc(OC[B-](F)(F)F)c(C(C)(C)C)c1.[K+]. The minimum atomic E-state index is -4.92. The van der Waals surface area contributed by atoms with Gasteiger partial charge in [-0.2, -0.15) is 0 Å². The van der Waals surface area contributed by atoms with E-state index in [-0.39, 0.29) is 56.8 Å². The molecule has 0 heterocycles. The second-order valence-corrected chi connectivity index (χ2v) is 5.46. The molecule has 19 heavy (non-hydrogen) atoms. The molecule has 0 saturated heterocycles. The van der Waals surface area contributed by atoms with Crippen molar-refractivity contribution in [2.24, 2.45) is 0 Å². The molecule has 1 nitrogen and oxygen atoms in total. The zero-order chi connectivity index (χ0) is 14.0. The molecule has 0 spiro atoms. The van der Waals surface area contributed by atoms with Crippen LogP contribution in [0.3, 0.4) is 0 Å². The van der Waals surface area contributed by atoms with Crippen LogP contribution in [0.5, 0.6) is 5.75 Å².